The van der Waals surface area contributed by atoms with Gasteiger partial charge in [0.2, 0.25) is 5.91 Å². The number of carbonyl (C=O) groups excluding carboxylic acids is 2. The summed E-state index contributed by atoms with van der Waals surface area (Å²) in [6.45, 7) is 5.93. The maximum Gasteiger partial charge on any atom is 0.315 e. The van der Waals surface area contributed by atoms with Crippen molar-refractivity contribution >= 4 is 17.6 Å². The van der Waals surface area contributed by atoms with Crippen molar-refractivity contribution in [2.24, 2.45) is 0 Å². The van der Waals surface area contributed by atoms with Crippen molar-refractivity contribution in [1.82, 2.24) is 15.5 Å². The molecule has 2 aliphatic rings. The lowest BCUT2D eigenvalue weighted by Crippen LogP contribution is -2.49. The molecule has 154 valence electrons. The lowest BCUT2D eigenvalue weighted by Gasteiger charge is -2.36. The molecule has 0 radical (unpaired) electrons. The maximum absolute atomic E-state index is 12.4. The van der Waals surface area contributed by atoms with Crippen LogP contribution in [0.2, 0.25) is 0 Å². The fourth-order valence-electron chi connectivity index (χ4n) is 4.12. The SMILES string of the molecule is Cc1cccc(N2CCN(C(=O)CCCNC(=O)NC3CCCCC3)CC2)c1. The standard InChI is InChI=1S/C22H34N4O2/c1-18-7-5-10-20(17-18)25-13-15-26(16-14-25)21(27)11-6-12-23-22(28)24-19-8-3-2-4-9-19/h5,7,10,17,19H,2-4,6,8-9,11-16H2,1H3,(H2,23,24,28). The monoisotopic (exact) mass is 386 g/mol. The summed E-state index contributed by atoms with van der Waals surface area (Å²) in [7, 11) is 0. The lowest BCUT2D eigenvalue weighted by molar-refractivity contribution is -0.131. The summed E-state index contributed by atoms with van der Waals surface area (Å²) in [6.07, 6.45) is 7.04. The number of amides is 3. The zero-order valence-electron chi connectivity index (χ0n) is 17.1. The molecular formula is C22H34N4O2. The Balaban J connectivity index is 1.30. The van der Waals surface area contributed by atoms with Gasteiger partial charge in [0.1, 0.15) is 0 Å². The molecule has 0 spiro atoms. The first-order valence-electron chi connectivity index (χ1n) is 10.8. The Morgan fingerprint density at radius 3 is 2.54 bits per heavy atom. The Hall–Kier alpha value is -2.24. The first-order valence-corrected chi connectivity index (χ1v) is 10.8. The fourth-order valence-corrected chi connectivity index (χ4v) is 4.12. The Kier molecular flexibility index (Phi) is 7.57. The highest BCUT2D eigenvalue weighted by Crippen LogP contribution is 2.18. The molecule has 2 N–H and O–H groups in total. The first kappa shape index (κ1) is 20.5. The normalized spacial score (nSPS) is 18.0. The predicted octanol–water partition coefficient (Wildman–Crippen LogP) is 3.06. The maximum atomic E-state index is 12.4. The van der Waals surface area contributed by atoms with Crippen LogP contribution in [0.3, 0.4) is 0 Å². The average molecular weight is 387 g/mol. The van der Waals surface area contributed by atoms with Gasteiger partial charge in [-0.3, -0.25) is 4.79 Å². The molecule has 2 fully saturated rings. The van der Waals surface area contributed by atoms with E-state index < -0.39 is 0 Å². The van der Waals surface area contributed by atoms with Crippen LogP contribution in [0, 0.1) is 6.92 Å². The van der Waals surface area contributed by atoms with Gasteiger partial charge >= 0.3 is 6.03 Å². The molecule has 1 heterocycles. The molecule has 3 amide bonds. The van der Waals surface area contributed by atoms with Crippen molar-refractivity contribution in [3.8, 4) is 0 Å². The van der Waals surface area contributed by atoms with E-state index in [1.165, 1.54) is 30.5 Å². The van der Waals surface area contributed by atoms with Crippen LogP contribution in [0.4, 0.5) is 10.5 Å². The third-order valence-electron chi connectivity index (χ3n) is 5.79. The van der Waals surface area contributed by atoms with E-state index in [1.54, 1.807) is 0 Å². The van der Waals surface area contributed by atoms with Crippen molar-refractivity contribution in [3.05, 3.63) is 29.8 Å². The molecule has 1 aliphatic carbocycles. The van der Waals surface area contributed by atoms with Crippen molar-refractivity contribution < 1.29 is 9.59 Å². The highest BCUT2D eigenvalue weighted by atomic mass is 16.2. The van der Waals surface area contributed by atoms with Gasteiger partial charge in [-0.25, -0.2) is 4.79 Å². The highest BCUT2D eigenvalue weighted by molar-refractivity contribution is 5.77. The number of anilines is 1. The van der Waals surface area contributed by atoms with Crippen LogP contribution in [-0.4, -0.2) is 55.6 Å². The summed E-state index contributed by atoms with van der Waals surface area (Å²) < 4.78 is 0. The second-order valence-corrected chi connectivity index (χ2v) is 8.05. The van der Waals surface area contributed by atoms with Gasteiger partial charge in [0.05, 0.1) is 0 Å². The summed E-state index contributed by atoms with van der Waals surface area (Å²) in [5, 5.41) is 5.94. The third-order valence-corrected chi connectivity index (χ3v) is 5.79. The van der Waals surface area contributed by atoms with Gasteiger partial charge in [-0.2, -0.15) is 0 Å². The number of urea groups is 1. The van der Waals surface area contributed by atoms with Crippen LogP contribution in [0.5, 0.6) is 0 Å². The number of hydrogen-bond donors (Lipinski definition) is 2. The average Bonchev–Trinajstić information content (AvgIpc) is 2.72. The smallest absolute Gasteiger partial charge is 0.315 e. The molecule has 1 saturated heterocycles. The van der Waals surface area contributed by atoms with Gasteiger partial charge in [-0.05, 0) is 43.9 Å². The van der Waals surface area contributed by atoms with Crippen LogP contribution in [-0.2, 0) is 4.79 Å². The molecule has 1 saturated carbocycles. The third kappa shape index (κ3) is 6.14. The minimum absolute atomic E-state index is 0.0916. The number of benzene rings is 1. The van der Waals surface area contributed by atoms with Crippen molar-refractivity contribution in [2.75, 3.05) is 37.6 Å². The Labute approximate surface area is 168 Å². The van der Waals surface area contributed by atoms with Gasteiger partial charge in [0.15, 0.2) is 0 Å². The van der Waals surface area contributed by atoms with Gasteiger partial charge in [-0.1, -0.05) is 31.4 Å². The van der Waals surface area contributed by atoms with E-state index in [9.17, 15) is 9.59 Å². The number of nitrogens with one attached hydrogen (secondary N) is 2. The number of rotatable bonds is 6. The largest absolute Gasteiger partial charge is 0.368 e. The molecule has 0 atom stereocenters. The van der Waals surface area contributed by atoms with E-state index in [2.05, 4.69) is 46.7 Å². The van der Waals surface area contributed by atoms with Crippen LogP contribution in [0.1, 0.15) is 50.5 Å². The molecule has 6 heteroatoms. The summed E-state index contributed by atoms with van der Waals surface area (Å²) in [6, 6.07) is 8.74. The number of hydrogen-bond acceptors (Lipinski definition) is 3. The predicted molar refractivity (Wildman–Crippen MR) is 113 cm³/mol. The lowest BCUT2D eigenvalue weighted by atomic mass is 9.96. The number of carbonyl (C=O) groups is 2. The van der Waals surface area contributed by atoms with E-state index in [0.717, 1.165) is 39.0 Å². The minimum atomic E-state index is -0.0916. The van der Waals surface area contributed by atoms with Gasteiger partial charge in [0, 0.05) is 50.9 Å². The Morgan fingerprint density at radius 1 is 1.07 bits per heavy atom. The van der Waals surface area contributed by atoms with Crippen molar-refractivity contribution in [3.63, 3.8) is 0 Å². The summed E-state index contributed by atoms with van der Waals surface area (Å²) in [5.74, 6) is 0.193. The summed E-state index contributed by atoms with van der Waals surface area (Å²) in [5.41, 5.74) is 2.50. The summed E-state index contributed by atoms with van der Waals surface area (Å²) >= 11 is 0. The molecule has 0 unspecified atom stereocenters. The quantitative estimate of drug-likeness (QED) is 0.739. The van der Waals surface area contributed by atoms with Crippen molar-refractivity contribution in [1.29, 1.82) is 0 Å². The molecule has 3 rings (SSSR count). The van der Waals surface area contributed by atoms with Crippen LogP contribution in [0.25, 0.3) is 0 Å². The Bertz CT molecular complexity index is 650. The van der Waals surface area contributed by atoms with E-state index in [-0.39, 0.29) is 11.9 Å². The molecule has 1 aromatic rings. The van der Waals surface area contributed by atoms with E-state index in [0.29, 0.717) is 25.4 Å². The number of piperazine rings is 1. The molecule has 0 aromatic heterocycles. The van der Waals surface area contributed by atoms with Gasteiger partial charge in [-0.15, -0.1) is 0 Å². The van der Waals surface area contributed by atoms with E-state index in [4.69, 9.17) is 0 Å². The van der Waals surface area contributed by atoms with E-state index >= 15 is 0 Å². The van der Waals surface area contributed by atoms with Crippen LogP contribution < -0.4 is 15.5 Å². The van der Waals surface area contributed by atoms with Crippen LogP contribution >= 0.6 is 0 Å². The second kappa shape index (κ2) is 10.3. The molecule has 1 aliphatic heterocycles. The number of aryl methyl sites for hydroxylation is 1. The minimum Gasteiger partial charge on any atom is -0.368 e. The molecule has 1 aromatic carbocycles. The van der Waals surface area contributed by atoms with E-state index in [1.807, 2.05) is 4.90 Å². The first-order chi connectivity index (χ1) is 13.6. The highest BCUT2D eigenvalue weighted by Gasteiger charge is 2.21. The second-order valence-electron chi connectivity index (χ2n) is 8.05. The molecule has 0 bridgehead atoms. The number of nitrogens with zero attached hydrogens (tertiary/aromatic N) is 2. The molecule has 28 heavy (non-hydrogen) atoms. The van der Waals surface area contributed by atoms with Crippen molar-refractivity contribution in [2.45, 2.75) is 57.9 Å². The van der Waals surface area contributed by atoms with Gasteiger partial charge < -0.3 is 20.4 Å². The molecular weight excluding hydrogens is 352 g/mol. The van der Waals surface area contributed by atoms with Crippen LogP contribution in [0.15, 0.2) is 24.3 Å². The zero-order valence-corrected chi connectivity index (χ0v) is 17.1. The topological polar surface area (TPSA) is 64.7 Å². The summed E-state index contributed by atoms with van der Waals surface area (Å²) in [4.78, 5) is 28.7. The molecule has 6 nitrogen and oxygen atoms in total. The fraction of sp³-hybridized carbons (Fsp3) is 0.636. The zero-order chi connectivity index (χ0) is 19.8. The van der Waals surface area contributed by atoms with Gasteiger partial charge in [0.25, 0.3) is 0 Å². The Morgan fingerprint density at radius 2 is 1.82 bits per heavy atom.